The summed E-state index contributed by atoms with van der Waals surface area (Å²) < 4.78 is 38.7. The number of halogens is 2. The maximum absolute atomic E-state index is 14.9. The number of piperazine rings is 1. The molecule has 2 bridgehead atoms. The van der Waals surface area contributed by atoms with Crippen molar-refractivity contribution in [1.82, 2.24) is 19.2 Å². The topological polar surface area (TPSA) is 85.8 Å². The minimum Gasteiger partial charge on any atom is -0.331 e. The summed E-state index contributed by atoms with van der Waals surface area (Å²) in [5.74, 6) is 1.57. The first-order chi connectivity index (χ1) is 20.7. The molecule has 6 aliphatic rings. The first-order valence-corrected chi connectivity index (χ1v) is 19.4. The van der Waals surface area contributed by atoms with Gasteiger partial charge in [-0.3, -0.25) is 14.4 Å². The molecule has 1 unspecified atom stereocenters. The van der Waals surface area contributed by atoms with Gasteiger partial charge in [-0.2, -0.15) is 0 Å². The number of thiazole rings is 1. The summed E-state index contributed by atoms with van der Waals surface area (Å²) in [5.41, 5.74) is 1.20. The summed E-state index contributed by atoms with van der Waals surface area (Å²) in [5, 5.41) is 0. The van der Waals surface area contributed by atoms with E-state index >= 15 is 0 Å². The highest BCUT2D eigenvalue weighted by Crippen LogP contribution is 2.61. The average molecular weight is 682 g/mol. The fourth-order valence-electron chi connectivity index (χ4n) is 8.17. The lowest BCUT2D eigenvalue weighted by molar-refractivity contribution is -0.574. The number of ether oxygens (including phenoxy) is 2. The third-order valence-corrected chi connectivity index (χ3v) is 14.4. The summed E-state index contributed by atoms with van der Waals surface area (Å²) in [4.78, 5) is 19.9. The van der Waals surface area contributed by atoms with Crippen molar-refractivity contribution in [3.8, 4) is 0 Å². The molecular formula is C29H47Cl2N4O6PS. The zero-order valence-corrected chi connectivity index (χ0v) is 28.8. The van der Waals surface area contributed by atoms with Crippen molar-refractivity contribution in [3.63, 3.8) is 0 Å². The predicted octanol–water partition coefficient (Wildman–Crippen LogP) is 6.15. The standard InChI is InChI=1S/C29H47Cl2N4O6PS/c1-21-6-7-25-22(2)26(38-27-29(25)24(21)8-9-28(3,39-27)40-41-29)33-14-16-35(17-15-33)42(36,37-19-23-18-32-20-43-23)34(12-4-10-30)13-5-11-31/h18,20-22,24-27H,4-17,19H2,1-3H3/t21-,22-,24+,25+,26-,27-,28-,29-,42?/m1/s1. The van der Waals surface area contributed by atoms with E-state index in [-0.39, 0.29) is 24.7 Å². The quantitative estimate of drug-likeness (QED) is 0.146. The van der Waals surface area contributed by atoms with Crippen molar-refractivity contribution in [2.24, 2.45) is 23.7 Å². The summed E-state index contributed by atoms with van der Waals surface area (Å²) in [6, 6.07) is 0. The summed E-state index contributed by atoms with van der Waals surface area (Å²) in [6.07, 6.45) is 6.69. The van der Waals surface area contributed by atoms with E-state index in [1.54, 1.807) is 11.7 Å². The highest BCUT2D eigenvalue weighted by Gasteiger charge is 2.69. The Morgan fingerprint density at radius 1 is 1.09 bits per heavy atom. The van der Waals surface area contributed by atoms with Crippen molar-refractivity contribution >= 4 is 42.2 Å². The van der Waals surface area contributed by atoms with Crippen LogP contribution in [0.25, 0.3) is 0 Å². The lowest BCUT2D eigenvalue weighted by Crippen LogP contribution is -2.72. The van der Waals surface area contributed by atoms with Crippen LogP contribution in [0.4, 0.5) is 0 Å². The average Bonchev–Trinajstić information content (AvgIpc) is 3.44. The summed E-state index contributed by atoms with van der Waals surface area (Å²) in [7, 11) is -3.36. The van der Waals surface area contributed by atoms with Gasteiger partial charge in [0.2, 0.25) is 5.79 Å². The molecule has 244 valence electrons. The lowest BCUT2D eigenvalue weighted by atomic mass is 9.58. The third-order valence-electron chi connectivity index (χ3n) is 10.4. The fourth-order valence-corrected chi connectivity index (χ4v) is 11.5. The molecule has 0 radical (unpaired) electrons. The molecule has 1 aromatic heterocycles. The van der Waals surface area contributed by atoms with Gasteiger partial charge in [0.15, 0.2) is 11.9 Å². The van der Waals surface area contributed by atoms with Gasteiger partial charge in [-0.05, 0) is 50.9 Å². The van der Waals surface area contributed by atoms with Crippen LogP contribution in [0.5, 0.6) is 0 Å². The number of hydrogen-bond acceptors (Lipinski definition) is 9. The SMILES string of the molecule is C[C@H]1[C@H](N2CCN(P(=O)(OCc3cncs3)N(CCCCl)CCCCl)CC2)O[C@@H]2O[C@@]3(C)CC[C@H]4[C@H](C)CC[C@@H]1[C@@]24OO3. The van der Waals surface area contributed by atoms with Gasteiger partial charge in [0.25, 0.3) is 0 Å². The van der Waals surface area contributed by atoms with Crippen molar-refractivity contribution < 1.29 is 28.3 Å². The van der Waals surface area contributed by atoms with E-state index < -0.39 is 25.3 Å². The molecule has 7 rings (SSSR count). The molecule has 1 aliphatic carbocycles. The highest BCUT2D eigenvalue weighted by molar-refractivity contribution is 7.54. The highest BCUT2D eigenvalue weighted by atomic mass is 35.5. The molecule has 43 heavy (non-hydrogen) atoms. The van der Waals surface area contributed by atoms with Gasteiger partial charge in [-0.1, -0.05) is 13.8 Å². The number of fused-ring (bicyclic) bond motifs is 2. The van der Waals surface area contributed by atoms with Gasteiger partial charge in [0.1, 0.15) is 6.23 Å². The van der Waals surface area contributed by atoms with Crippen LogP contribution in [-0.4, -0.2) is 94.2 Å². The molecule has 1 aromatic rings. The van der Waals surface area contributed by atoms with Crippen LogP contribution >= 0.6 is 42.2 Å². The van der Waals surface area contributed by atoms with Crippen LogP contribution in [0.2, 0.25) is 0 Å². The van der Waals surface area contributed by atoms with Crippen LogP contribution in [0.15, 0.2) is 11.7 Å². The molecule has 5 aliphatic heterocycles. The summed E-state index contributed by atoms with van der Waals surface area (Å²) in [6.45, 7) is 10.7. The van der Waals surface area contributed by atoms with Gasteiger partial charge in [0.05, 0.1) is 17.0 Å². The molecule has 6 fully saturated rings. The molecular weight excluding hydrogens is 634 g/mol. The number of hydrogen-bond donors (Lipinski definition) is 0. The van der Waals surface area contributed by atoms with E-state index in [1.165, 1.54) is 17.8 Å². The largest absolute Gasteiger partial charge is 0.346 e. The second-order valence-corrected chi connectivity index (χ2v) is 17.2. The zero-order valence-electron chi connectivity index (χ0n) is 25.6. The Labute approximate surface area is 270 Å². The van der Waals surface area contributed by atoms with Crippen molar-refractivity contribution in [3.05, 3.63) is 16.6 Å². The van der Waals surface area contributed by atoms with Crippen LogP contribution in [0, 0.1) is 23.7 Å². The second-order valence-electron chi connectivity index (χ2n) is 13.1. The van der Waals surface area contributed by atoms with E-state index in [4.69, 9.17) is 47.0 Å². The molecule has 0 N–H and O–H groups in total. The monoisotopic (exact) mass is 680 g/mol. The Bertz CT molecular complexity index is 1110. The second kappa shape index (κ2) is 13.7. The minimum absolute atomic E-state index is 0.121. The first kappa shape index (κ1) is 33.0. The number of nitrogens with zero attached hydrogens (tertiary/aromatic N) is 4. The molecule has 14 heteroatoms. The molecule has 0 aromatic carbocycles. The van der Waals surface area contributed by atoms with E-state index in [0.29, 0.717) is 62.9 Å². The molecule has 1 spiro atoms. The lowest BCUT2D eigenvalue weighted by Gasteiger charge is -2.61. The maximum atomic E-state index is 14.9. The molecule has 0 amide bonds. The maximum Gasteiger partial charge on any atom is 0.346 e. The van der Waals surface area contributed by atoms with Crippen molar-refractivity contribution in [2.75, 3.05) is 51.0 Å². The van der Waals surface area contributed by atoms with Crippen LogP contribution in [0.1, 0.15) is 64.2 Å². The van der Waals surface area contributed by atoms with Crippen molar-refractivity contribution in [2.45, 2.75) is 89.8 Å². The smallest absolute Gasteiger partial charge is 0.331 e. The van der Waals surface area contributed by atoms with E-state index in [9.17, 15) is 4.57 Å². The predicted molar refractivity (Wildman–Crippen MR) is 167 cm³/mol. The molecule has 9 atom stereocenters. The van der Waals surface area contributed by atoms with Crippen LogP contribution in [0.3, 0.4) is 0 Å². The van der Waals surface area contributed by atoms with Crippen molar-refractivity contribution in [1.29, 1.82) is 0 Å². The van der Waals surface area contributed by atoms with E-state index in [0.717, 1.165) is 37.0 Å². The summed E-state index contributed by atoms with van der Waals surface area (Å²) >= 11 is 13.7. The Balaban J connectivity index is 1.19. The Morgan fingerprint density at radius 3 is 2.51 bits per heavy atom. The fraction of sp³-hybridized carbons (Fsp3) is 0.897. The third kappa shape index (κ3) is 6.25. The first-order valence-electron chi connectivity index (χ1n) is 15.9. The number of alkyl halides is 2. The zero-order chi connectivity index (χ0) is 30.2. The van der Waals surface area contributed by atoms with Gasteiger partial charge in [-0.25, -0.2) is 19.1 Å². The molecule has 5 saturated heterocycles. The number of aromatic nitrogens is 1. The molecule has 6 heterocycles. The number of rotatable bonds is 12. The van der Waals surface area contributed by atoms with E-state index in [2.05, 4.69) is 23.7 Å². The van der Waals surface area contributed by atoms with E-state index in [1.807, 2.05) is 16.3 Å². The van der Waals surface area contributed by atoms with Gasteiger partial charge in [0, 0.05) is 75.5 Å². The van der Waals surface area contributed by atoms with Gasteiger partial charge < -0.3 is 14.0 Å². The van der Waals surface area contributed by atoms with Gasteiger partial charge in [-0.15, -0.1) is 34.5 Å². The van der Waals surface area contributed by atoms with Gasteiger partial charge >= 0.3 is 7.67 Å². The Morgan fingerprint density at radius 2 is 1.84 bits per heavy atom. The Kier molecular flexibility index (Phi) is 10.5. The van der Waals surface area contributed by atoms with Crippen LogP contribution in [-0.2, 0) is 34.9 Å². The normalized spacial score (nSPS) is 39.9. The molecule has 1 saturated carbocycles. The molecule has 10 nitrogen and oxygen atoms in total. The minimum atomic E-state index is -3.36. The Hall–Kier alpha value is 0.120. The van der Waals surface area contributed by atoms with Crippen LogP contribution < -0.4 is 0 Å².